The molecule has 2 fully saturated rings. The normalized spacial score (nSPS) is 48.3. The fraction of sp³-hybridized carbons (Fsp3) is 0.500. The van der Waals surface area contributed by atoms with Gasteiger partial charge in [-0.15, -0.1) is 46.4 Å². The second kappa shape index (κ2) is 8.31. The summed E-state index contributed by atoms with van der Waals surface area (Å²) in [6, 6.07) is 2.45. The minimum absolute atomic E-state index is 0.0984. The van der Waals surface area contributed by atoms with Gasteiger partial charge in [0.2, 0.25) is 0 Å². The van der Waals surface area contributed by atoms with Crippen LogP contribution in [0.4, 0.5) is 0 Å². The predicted molar refractivity (Wildman–Crippen MR) is 160 cm³/mol. The summed E-state index contributed by atoms with van der Waals surface area (Å²) in [5.74, 6) is -7.53. The zero-order valence-corrected chi connectivity index (χ0v) is 28.0. The van der Waals surface area contributed by atoms with Crippen molar-refractivity contribution in [2.75, 3.05) is 14.2 Å². The number of halogens is 8. The monoisotopic (exact) mass is 730 g/mol. The standard InChI is InChI=1S/C28H18Cl8O6/c1-23(41-3)25(33)11-12(26(23,34)20(30)19(25)29)16(38)8-6-10-9(5-7(8)15(11)37)17(39)13-14(18(10)40)28(36)22(32)21(31)27(13,35)24(28,2)42-4/h5-6,11-14H,1-4H3. The van der Waals surface area contributed by atoms with Gasteiger partial charge in [-0.25, -0.2) is 0 Å². The van der Waals surface area contributed by atoms with Crippen LogP contribution in [0.5, 0.6) is 0 Å². The Morgan fingerprint density at radius 2 is 0.690 bits per heavy atom. The van der Waals surface area contributed by atoms with E-state index in [-0.39, 0.29) is 42.4 Å². The molecule has 0 spiro atoms. The van der Waals surface area contributed by atoms with E-state index in [1.165, 1.54) is 40.2 Å². The number of ether oxygens (including phenoxy) is 2. The molecule has 0 N–H and O–H groups in total. The van der Waals surface area contributed by atoms with Crippen LogP contribution in [-0.2, 0) is 9.47 Å². The van der Waals surface area contributed by atoms with Crippen molar-refractivity contribution in [3.8, 4) is 0 Å². The van der Waals surface area contributed by atoms with Gasteiger partial charge < -0.3 is 9.47 Å². The summed E-state index contributed by atoms with van der Waals surface area (Å²) in [7, 11) is 2.66. The summed E-state index contributed by atoms with van der Waals surface area (Å²) in [5.41, 5.74) is -3.61. The summed E-state index contributed by atoms with van der Waals surface area (Å²) in [4.78, 5) is 49.8. The van der Waals surface area contributed by atoms with Crippen LogP contribution in [0.2, 0.25) is 0 Å². The Balaban J connectivity index is 1.45. The van der Waals surface area contributed by atoms with E-state index in [0.717, 1.165) is 0 Å². The van der Waals surface area contributed by atoms with Crippen LogP contribution in [0.15, 0.2) is 32.3 Å². The number of hydrogen-bond donors (Lipinski definition) is 0. The topological polar surface area (TPSA) is 86.7 Å². The van der Waals surface area contributed by atoms with Gasteiger partial charge in [0.05, 0.1) is 43.8 Å². The molecule has 0 amide bonds. The molecule has 0 heterocycles. The van der Waals surface area contributed by atoms with Gasteiger partial charge in [-0.2, -0.15) is 0 Å². The van der Waals surface area contributed by atoms with Crippen molar-refractivity contribution in [1.82, 2.24) is 0 Å². The highest BCUT2D eigenvalue weighted by Crippen LogP contribution is 2.77. The molecule has 222 valence electrons. The Morgan fingerprint density at radius 1 is 0.500 bits per heavy atom. The molecule has 2 saturated carbocycles. The first-order valence-electron chi connectivity index (χ1n) is 12.7. The summed E-state index contributed by atoms with van der Waals surface area (Å²) in [6.07, 6.45) is 0. The maximum Gasteiger partial charge on any atom is 0.169 e. The number of ketones is 4. The number of alkyl halides is 4. The van der Waals surface area contributed by atoms with Gasteiger partial charge in [0, 0.05) is 36.5 Å². The first-order chi connectivity index (χ1) is 19.3. The lowest BCUT2D eigenvalue weighted by atomic mass is 9.65. The van der Waals surface area contributed by atoms with Crippen LogP contribution in [0.3, 0.4) is 0 Å². The van der Waals surface area contributed by atoms with E-state index in [9.17, 15) is 19.2 Å². The summed E-state index contributed by atoms with van der Waals surface area (Å²) in [6.45, 7) is 3.08. The fourth-order valence-corrected chi connectivity index (χ4v) is 12.9. The van der Waals surface area contributed by atoms with Crippen molar-refractivity contribution in [3.63, 3.8) is 0 Å². The van der Waals surface area contributed by atoms with Crippen LogP contribution < -0.4 is 0 Å². The van der Waals surface area contributed by atoms with Crippen molar-refractivity contribution < 1.29 is 28.7 Å². The zero-order chi connectivity index (χ0) is 31.1. The molecule has 7 rings (SSSR count). The van der Waals surface area contributed by atoms with Gasteiger partial charge in [0.1, 0.15) is 30.7 Å². The molecule has 0 radical (unpaired) electrons. The number of carbonyl (C=O) groups excluding carboxylic acids is 4. The first kappa shape index (κ1) is 30.3. The van der Waals surface area contributed by atoms with Crippen LogP contribution in [-0.4, -0.2) is 68.1 Å². The Morgan fingerprint density at radius 3 is 0.857 bits per heavy atom. The number of hydrogen-bond acceptors (Lipinski definition) is 6. The van der Waals surface area contributed by atoms with Crippen LogP contribution in [0, 0.1) is 23.7 Å². The van der Waals surface area contributed by atoms with Crippen molar-refractivity contribution in [3.05, 3.63) is 54.5 Å². The molecule has 4 bridgehead atoms. The third kappa shape index (κ3) is 2.50. The lowest BCUT2D eigenvalue weighted by Crippen LogP contribution is -2.54. The van der Waals surface area contributed by atoms with Crippen molar-refractivity contribution in [2.24, 2.45) is 23.7 Å². The highest BCUT2D eigenvalue weighted by Gasteiger charge is 2.86. The van der Waals surface area contributed by atoms with Gasteiger partial charge in [0.15, 0.2) is 23.1 Å². The zero-order valence-electron chi connectivity index (χ0n) is 21.9. The summed E-state index contributed by atoms with van der Waals surface area (Å²) < 4.78 is 11.5. The van der Waals surface area contributed by atoms with E-state index in [4.69, 9.17) is 102 Å². The molecular formula is C28H18Cl8O6. The van der Waals surface area contributed by atoms with Gasteiger partial charge in [-0.1, -0.05) is 46.4 Å². The van der Waals surface area contributed by atoms with Crippen LogP contribution in [0.1, 0.15) is 55.3 Å². The molecule has 0 aliphatic heterocycles. The number of benzene rings is 1. The molecule has 1 aromatic carbocycles. The van der Waals surface area contributed by atoms with Gasteiger partial charge in [0.25, 0.3) is 0 Å². The molecule has 14 heteroatoms. The molecule has 6 nitrogen and oxygen atoms in total. The Labute approximate surface area is 279 Å². The minimum atomic E-state index is -1.79. The molecule has 8 atom stereocenters. The van der Waals surface area contributed by atoms with Gasteiger partial charge in [-0.05, 0) is 26.0 Å². The van der Waals surface area contributed by atoms with Crippen molar-refractivity contribution in [2.45, 2.75) is 44.5 Å². The molecule has 6 aliphatic carbocycles. The average Bonchev–Trinajstić information content (AvgIpc) is 3.34. The fourth-order valence-electron chi connectivity index (χ4n) is 8.67. The third-order valence-electron chi connectivity index (χ3n) is 11.0. The second-order valence-electron chi connectivity index (χ2n) is 11.9. The van der Waals surface area contributed by atoms with Crippen LogP contribution >= 0.6 is 92.8 Å². The molecule has 42 heavy (non-hydrogen) atoms. The Bertz CT molecular complexity index is 1490. The second-order valence-corrected chi connectivity index (χ2v) is 15.8. The van der Waals surface area contributed by atoms with Crippen molar-refractivity contribution >= 4 is 116 Å². The minimum Gasteiger partial charge on any atom is -0.374 e. The Hall–Kier alpha value is -0.380. The average molecular weight is 734 g/mol. The SMILES string of the molecule is COC1(C)C2(Cl)C(Cl)=C(Cl)C1(Cl)C1C(=O)c3cc4c(cc3C(=O)C12)C(=O)C1C(C4=O)C2(Cl)C(Cl)=C(Cl)C1(Cl)C2(C)OC. The largest absolute Gasteiger partial charge is 0.374 e. The van der Waals surface area contributed by atoms with E-state index in [0.29, 0.717) is 0 Å². The number of rotatable bonds is 2. The summed E-state index contributed by atoms with van der Waals surface area (Å²) >= 11 is 54.8. The molecular weight excluding hydrogens is 716 g/mol. The lowest BCUT2D eigenvalue weighted by molar-refractivity contribution is -0.0147. The number of Topliss-reactive ketones (excluding diaryl/α,β-unsaturated/α-hetero) is 4. The number of methoxy groups -OCH3 is 2. The van der Waals surface area contributed by atoms with E-state index >= 15 is 0 Å². The first-order valence-corrected chi connectivity index (χ1v) is 15.7. The molecule has 0 aromatic heterocycles. The highest BCUT2D eigenvalue weighted by molar-refractivity contribution is 6.55. The Kier molecular flexibility index (Phi) is 5.99. The molecule has 1 aromatic rings. The maximum absolute atomic E-state index is 14.2. The molecule has 8 unspecified atom stereocenters. The smallest absolute Gasteiger partial charge is 0.169 e. The van der Waals surface area contributed by atoms with E-state index in [2.05, 4.69) is 0 Å². The highest BCUT2D eigenvalue weighted by atomic mass is 35.5. The third-order valence-corrected chi connectivity index (χ3v) is 16.7. The van der Waals surface area contributed by atoms with E-state index in [1.54, 1.807) is 0 Å². The maximum atomic E-state index is 14.2. The lowest BCUT2D eigenvalue weighted by Gasteiger charge is -2.40. The van der Waals surface area contributed by atoms with E-state index in [1.807, 2.05) is 0 Å². The quantitative estimate of drug-likeness (QED) is 0.303. The molecule has 0 saturated heterocycles. The summed E-state index contributed by atoms with van der Waals surface area (Å²) in [5, 5.41) is -0.394. The van der Waals surface area contributed by atoms with E-state index < -0.39 is 77.5 Å². The van der Waals surface area contributed by atoms with Gasteiger partial charge >= 0.3 is 0 Å². The molecule has 6 aliphatic rings. The van der Waals surface area contributed by atoms with Gasteiger partial charge in [-0.3, -0.25) is 19.2 Å². The number of fused-ring (bicyclic) bond motifs is 12. The number of carbonyl (C=O) groups is 4. The predicted octanol–water partition coefficient (Wildman–Crippen LogP) is 7.06. The van der Waals surface area contributed by atoms with Crippen LogP contribution in [0.25, 0.3) is 0 Å². The van der Waals surface area contributed by atoms with Crippen molar-refractivity contribution in [1.29, 1.82) is 0 Å².